The van der Waals surface area contributed by atoms with Crippen molar-refractivity contribution in [3.63, 3.8) is 0 Å². The largest absolute Gasteiger partial charge is 0.395 e. The highest BCUT2D eigenvalue weighted by atomic mass is 16.3. The third-order valence-electron chi connectivity index (χ3n) is 3.56. The van der Waals surface area contributed by atoms with Crippen LogP contribution in [0.2, 0.25) is 0 Å². The summed E-state index contributed by atoms with van der Waals surface area (Å²) in [6.45, 7) is 3.06. The lowest BCUT2D eigenvalue weighted by Crippen LogP contribution is -2.41. The van der Waals surface area contributed by atoms with Crippen molar-refractivity contribution in [3.05, 3.63) is 11.6 Å². The molecule has 104 valence electrons. The fraction of sp³-hybridized carbons (Fsp3) is 0.786. The molecule has 0 spiro atoms. The predicted molar refractivity (Wildman–Crippen MR) is 73.4 cm³/mol. The maximum atomic E-state index is 11.7. The second-order valence-corrected chi connectivity index (χ2v) is 5.15. The zero-order valence-electron chi connectivity index (χ0n) is 11.6. The Hall–Kier alpha value is -0.870. The Morgan fingerprint density at radius 3 is 2.94 bits per heavy atom. The minimum absolute atomic E-state index is 0.0248. The summed E-state index contributed by atoms with van der Waals surface area (Å²) in [5.74, 6) is 0.0363. The van der Waals surface area contributed by atoms with Gasteiger partial charge in [-0.15, -0.1) is 0 Å². The summed E-state index contributed by atoms with van der Waals surface area (Å²) in [5.41, 5.74) is 1.48. The van der Waals surface area contributed by atoms with Crippen LogP contribution in [0.3, 0.4) is 0 Å². The number of nitrogens with zero attached hydrogens (tertiary/aromatic N) is 1. The van der Waals surface area contributed by atoms with Crippen LogP contribution in [0.4, 0.5) is 0 Å². The normalized spacial score (nSPS) is 17.4. The van der Waals surface area contributed by atoms with E-state index in [2.05, 4.69) is 11.4 Å². The van der Waals surface area contributed by atoms with Crippen molar-refractivity contribution in [3.8, 4) is 0 Å². The molecule has 1 amide bonds. The van der Waals surface area contributed by atoms with Crippen LogP contribution in [-0.2, 0) is 4.79 Å². The van der Waals surface area contributed by atoms with E-state index in [1.165, 1.54) is 31.3 Å². The van der Waals surface area contributed by atoms with E-state index in [0.29, 0.717) is 6.54 Å². The molecule has 0 aliphatic heterocycles. The average Bonchev–Trinajstić information content (AvgIpc) is 2.38. The van der Waals surface area contributed by atoms with Crippen LogP contribution in [0.25, 0.3) is 0 Å². The maximum Gasteiger partial charge on any atom is 0.234 e. The fourth-order valence-corrected chi connectivity index (χ4v) is 2.07. The Morgan fingerprint density at radius 1 is 1.56 bits per heavy atom. The van der Waals surface area contributed by atoms with E-state index in [0.717, 1.165) is 13.0 Å². The molecule has 0 heterocycles. The number of carbonyl (C=O) groups excluding carboxylic acids is 1. The molecule has 0 saturated carbocycles. The van der Waals surface area contributed by atoms with Crippen LogP contribution in [0.5, 0.6) is 0 Å². The third-order valence-corrected chi connectivity index (χ3v) is 3.56. The number of rotatable bonds is 7. The van der Waals surface area contributed by atoms with E-state index in [1.54, 1.807) is 0 Å². The predicted octanol–water partition coefficient (Wildman–Crippen LogP) is 1.31. The molecule has 18 heavy (non-hydrogen) atoms. The lowest BCUT2D eigenvalue weighted by atomic mass is 9.97. The Labute approximate surface area is 110 Å². The molecule has 0 fully saturated rings. The highest BCUT2D eigenvalue weighted by Gasteiger charge is 2.12. The van der Waals surface area contributed by atoms with E-state index in [4.69, 9.17) is 5.11 Å². The molecule has 0 bridgehead atoms. The first-order chi connectivity index (χ1) is 8.63. The van der Waals surface area contributed by atoms with Crippen LogP contribution in [0, 0.1) is 0 Å². The van der Waals surface area contributed by atoms with Crippen molar-refractivity contribution in [2.45, 2.75) is 45.1 Å². The van der Waals surface area contributed by atoms with Gasteiger partial charge < -0.3 is 10.4 Å². The van der Waals surface area contributed by atoms with Gasteiger partial charge in [-0.1, -0.05) is 11.6 Å². The molecule has 0 aromatic heterocycles. The number of allylic oxidation sites excluding steroid dienone is 1. The fourth-order valence-electron chi connectivity index (χ4n) is 2.07. The Balaban J connectivity index is 2.15. The van der Waals surface area contributed by atoms with E-state index in [1.807, 2.05) is 18.9 Å². The van der Waals surface area contributed by atoms with Crippen LogP contribution >= 0.6 is 0 Å². The quantitative estimate of drug-likeness (QED) is 0.673. The van der Waals surface area contributed by atoms with E-state index in [9.17, 15) is 4.79 Å². The van der Waals surface area contributed by atoms with E-state index in [-0.39, 0.29) is 18.6 Å². The van der Waals surface area contributed by atoms with Crippen molar-refractivity contribution >= 4 is 5.91 Å². The second kappa shape index (κ2) is 8.27. The highest BCUT2D eigenvalue weighted by Crippen LogP contribution is 2.19. The lowest BCUT2D eigenvalue weighted by molar-refractivity contribution is -0.122. The number of carbonyl (C=O) groups is 1. The maximum absolute atomic E-state index is 11.7. The topological polar surface area (TPSA) is 52.6 Å². The zero-order chi connectivity index (χ0) is 13.4. The average molecular weight is 254 g/mol. The number of aliphatic hydroxyl groups is 1. The van der Waals surface area contributed by atoms with Crippen molar-refractivity contribution in [2.24, 2.45) is 0 Å². The first kappa shape index (κ1) is 15.2. The summed E-state index contributed by atoms with van der Waals surface area (Å²) < 4.78 is 0. The van der Waals surface area contributed by atoms with Crippen molar-refractivity contribution in [2.75, 3.05) is 26.7 Å². The van der Waals surface area contributed by atoms with Crippen molar-refractivity contribution in [1.29, 1.82) is 0 Å². The molecule has 1 atom stereocenters. The SMILES string of the molecule is CC(CO)N(C)CC(=O)NCCC1=CCCCC1. The molecule has 4 nitrogen and oxygen atoms in total. The van der Waals surface area contributed by atoms with Gasteiger partial charge in [-0.2, -0.15) is 0 Å². The molecular weight excluding hydrogens is 228 g/mol. The Bertz CT molecular complexity index is 290. The van der Waals surface area contributed by atoms with Gasteiger partial charge in [-0.3, -0.25) is 9.69 Å². The second-order valence-electron chi connectivity index (χ2n) is 5.15. The first-order valence-corrected chi connectivity index (χ1v) is 6.89. The smallest absolute Gasteiger partial charge is 0.234 e. The number of amides is 1. The summed E-state index contributed by atoms with van der Waals surface area (Å²) >= 11 is 0. The highest BCUT2D eigenvalue weighted by molar-refractivity contribution is 5.78. The molecule has 1 aliphatic rings. The molecule has 1 unspecified atom stereocenters. The van der Waals surface area contributed by atoms with Gasteiger partial charge in [-0.05, 0) is 46.1 Å². The molecular formula is C14H26N2O2. The monoisotopic (exact) mass is 254 g/mol. The summed E-state index contributed by atoms with van der Waals surface area (Å²) in [6, 6.07) is 0.0248. The molecule has 2 N–H and O–H groups in total. The van der Waals surface area contributed by atoms with Gasteiger partial charge in [0.1, 0.15) is 0 Å². The summed E-state index contributed by atoms with van der Waals surface area (Å²) in [7, 11) is 1.85. The molecule has 4 heteroatoms. The summed E-state index contributed by atoms with van der Waals surface area (Å²) in [4.78, 5) is 13.5. The number of likely N-dealkylation sites (N-methyl/N-ethyl adjacent to an activating group) is 1. The number of aliphatic hydroxyl groups excluding tert-OH is 1. The van der Waals surface area contributed by atoms with E-state index < -0.39 is 0 Å². The lowest BCUT2D eigenvalue weighted by Gasteiger charge is -2.22. The molecule has 0 radical (unpaired) electrons. The van der Waals surface area contributed by atoms with Gasteiger partial charge in [0.05, 0.1) is 13.2 Å². The molecule has 0 aromatic rings. The van der Waals surface area contributed by atoms with Gasteiger partial charge in [0.2, 0.25) is 5.91 Å². The number of hydrogen-bond donors (Lipinski definition) is 2. The van der Waals surface area contributed by atoms with Crippen molar-refractivity contribution in [1.82, 2.24) is 10.2 Å². The van der Waals surface area contributed by atoms with Gasteiger partial charge in [-0.25, -0.2) is 0 Å². The number of nitrogens with one attached hydrogen (secondary N) is 1. The molecule has 1 aliphatic carbocycles. The standard InChI is InChI=1S/C14H26N2O2/c1-12(11-17)16(2)10-14(18)15-9-8-13-6-4-3-5-7-13/h6,12,17H,3-5,7-11H2,1-2H3,(H,15,18). The van der Waals surface area contributed by atoms with Gasteiger partial charge in [0.15, 0.2) is 0 Å². The van der Waals surface area contributed by atoms with Crippen LogP contribution < -0.4 is 5.32 Å². The van der Waals surface area contributed by atoms with Crippen LogP contribution in [0.1, 0.15) is 39.0 Å². The summed E-state index contributed by atoms with van der Waals surface area (Å²) in [5, 5.41) is 11.9. The Morgan fingerprint density at radius 2 is 2.33 bits per heavy atom. The molecule has 0 aromatic carbocycles. The molecule has 0 saturated heterocycles. The van der Waals surface area contributed by atoms with E-state index >= 15 is 0 Å². The van der Waals surface area contributed by atoms with Gasteiger partial charge >= 0.3 is 0 Å². The van der Waals surface area contributed by atoms with Gasteiger partial charge in [0, 0.05) is 12.6 Å². The minimum atomic E-state index is 0.0248. The Kier molecular flexibility index (Phi) is 6.98. The summed E-state index contributed by atoms with van der Waals surface area (Å²) in [6.07, 6.45) is 8.27. The number of hydrogen-bond acceptors (Lipinski definition) is 3. The van der Waals surface area contributed by atoms with Crippen LogP contribution in [0.15, 0.2) is 11.6 Å². The van der Waals surface area contributed by atoms with Crippen LogP contribution in [-0.4, -0.2) is 48.7 Å². The molecule has 1 rings (SSSR count). The first-order valence-electron chi connectivity index (χ1n) is 6.89. The van der Waals surface area contributed by atoms with Gasteiger partial charge in [0.25, 0.3) is 0 Å². The van der Waals surface area contributed by atoms with Crippen molar-refractivity contribution < 1.29 is 9.90 Å². The minimum Gasteiger partial charge on any atom is -0.395 e. The zero-order valence-corrected chi connectivity index (χ0v) is 11.6. The third kappa shape index (κ3) is 5.65.